The fourth-order valence-corrected chi connectivity index (χ4v) is 10.5. The van der Waals surface area contributed by atoms with Gasteiger partial charge in [0.1, 0.15) is 11.2 Å². The van der Waals surface area contributed by atoms with Crippen LogP contribution in [0.2, 0.25) is 0 Å². The maximum atomic E-state index is 6.47. The second-order valence-electron chi connectivity index (χ2n) is 17.5. The Morgan fingerprint density at radius 1 is 0.388 bits per heavy atom. The van der Waals surface area contributed by atoms with Crippen molar-refractivity contribution in [2.45, 2.75) is 12.8 Å². The monoisotopic (exact) mass is 856 g/mol. The lowest BCUT2D eigenvalue weighted by molar-refractivity contribution is 0.670. The van der Waals surface area contributed by atoms with Crippen molar-refractivity contribution >= 4 is 71.5 Å². The predicted octanol–water partition coefficient (Wildman–Crippen LogP) is 17.7. The second kappa shape index (κ2) is 16.1. The van der Waals surface area contributed by atoms with E-state index in [0.29, 0.717) is 0 Å². The summed E-state index contributed by atoms with van der Waals surface area (Å²) in [5.41, 5.74) is 18.4. The lowest BCUT2D eigenvalue weighted by Crippen LogP contribution is -2.17. The summed E-state index contributed by atoms with van der Waals surface area (Å²) in [5.74, 6) is 0. The third-order valence-electron chi connectivity index (χ3n) is 13.7. The molecule has 3 nitrogen and oxygen atoms in total. The van der Waals surface area contributed by atoms with Gasteiger partial charge in [-0.05, 0) is 112 Å². The van der Waals surface area contributed by atoms with Crippen molar-refractivity contribution in [3.05, 3.63) is 254 Å². The van der Waals surface area contributed by atoms with Gasteiger partial charge in [0.25, 0.3) is 0 Å². The van der Waals surface area contributed by atoms with Crippen LogP contribution in [-0.4, -0.2) is 4.57 Å². The van der Waals surface area contributed by atoms with E-state index in [2.05, 4.69) is 240 Å². The molecule has 0 unspecified atom stereocenters. The number of para-hydroxylation sites is 5. The van der Waals surface area contributed by atoms with Gasteiger partial charge in [-0.3, -0.25) is 0 Å². The Morgan fingerprint density at radius 2 is 0.896 bits per heavy atom. The first-order valence-electron chi connectivity index (χ1n) is 23.2. The molecule has 0 spiro atoms. The number of rotatable bonds is 8. The summed E-state index contributed by atoms with van der Waals surface area (Å²) in [6, 6.07) is 83.5. The van der Waals surface area contributed by atoms with E-state index >= 15 is 0 Å². The molecule has 0 saturated carbocycles. The Labute approximate surface area is 389 Å². The molecule has 0 amide bonds. The number of furan rings is 1. The minimum atomic E-state index is 0.908. The van der Waals surface area contributed by atoms with Crippen molar-refractivity contribution < 1.29 is 4.42 Å². The first-order valence-corrected chi connectivity index (χ1v) is 23.2. The van der Waals surface area contributed by atoms with Gasteiger partial charge in [-0.2, -0.15) is 0 Å². The van der Waals surface area contributed by atoms with Crippen LogP contribution in [0.3, 0.4) is 0 Å². The summed E-state index contributed by atoms with van der Waals surface area (Å²) in [7, 11) is 0. The fourth-order valence-electron chi connectivity index (χ4n) is 10.5. The standard InChI is InChI=1S/C64H44N2O/c1-2-18-52-44(14-1)15-12-23-53(52)45-34-38-49(39-35-45)65(50-40-36-47(37-41-50)55-24-13-25-59-58-22-6-10-29-63(58)67-64(55)59)51-17-11-16-48(42-51)43-30-32-46(33-31-43)54-19-3-7-26-60(54)66-61-27-8-4-20-56(61)57-21-5-9-28-62(57)66/h1-10,12-15,17-42H,11,16H2. The van der Waals surface area contributed by atoms with Gasteiger partial charge in [-0.15, -0.1) is 0 Å². The van der Waals surface area contributed by atoms with E-state index in [-0.39, 0.29) is 0 Å². The van der Waals surface area contributed by atoms with Crippen LogP contribution in [0, 0.1) is 0 Å². The van der Waals surface area contributed by atoms with Crippen LogP contribution in [0.5, 0.6) is 0 Å². The SMILES string of the molecule is C1=C(c2ccc(-c3ccccc3-n3c4ccccc4c4ccccc43)cc2)CCC=C1N(c1ccc(-c2cccc3ccccc23)cc1)c1ccc(-c2cccc3c2oc2ccccc23)cc1. The molecular weight excluding hydrogens is 813 g/mol. The van der Waals surface area contributed by atoms with Crippen molar-refractivity contribution in [3.8, 4) is 39.1 Å². The number of benzene rings is 10. The summed E-state index contributed by atoms with van der Waals surface area (Å²) in [4.78, 5) is 2.41. The molecule has 0 atom stereocenters. The molecule has 0 saturated heterocycles. The van der Waals surface area contributed by atoms with Crippen molar-refractivity contribution in [3.63, 3.8) is 0 Å². The highest BCUT2D eigenvalue weighted by Gasteiger charge is 2.20. The molecule has 13 rings (SSSR count). The number of allylic oxidation sites excluding steroid dienone is 3. The number of anilines is 2. The van der Waals surface area contributed by atoms with Crippen LogP contribution in [0.4, 0.5) is 11.4 Å². The molecule has 0 bridgehead atoms. The molecule has 0 aliphatic heterocycles. The van der Waals surface area contributed by atoms with E-state index in [4.69, 9.17) is 4.42 Å². The molecule has 0 fully saturated rings. The molecule has 67 heavy (non-hydrogen) atoms. The highest BCUT2D eigenvalue weighted by Crippen LogP contribution is 2.42. The quantitative estimate of drug-likeness (QED) is 0.152. The summed E-state index contributed by atoms with van der Waals surface area (Å²) in [5, 5.41) is 7.31. The highest BCUT2D eigenvalue weighted by molar-refractivity contribution is 6.11. The Morgan fingerprint density at radius 3 is 1.64 bits per heavy atom. The summed E-state index contributed by atoms with van der Waals surface area (Å²) in [6.07, 6.45) is 6.69. The van der Waals surface area contributed by atoms with E-state index in [9.17, 15) is 0 Å². The molecule has 12 aromatic rings. The van der Waals surface area contributed by atoms with Gasteiger partial charge in [-0.1, -0.05) is 188 Å². The van der Waals surface area contributed by atoms with Gasteiger partial charge in [0, 0.05) is 49.7 Å². The largest absolute Gasteiger partial charge is 0.455 e. The third kappa shape index (κ3) is 6.66. The molecule has 0 radical (unpaired) electrons. The summed E-state index contributed by atoms with van der Waals surface area (Å²) < 4.78 is 8.89. The molecule has 316 valence electrons. The van der Waals surface area contributed by atoms with E-state index in [1.807, 2.05) is 12.1 Å². The summed E-state index contributed by atoms with van der Waals surface area (Å²) >= 11 is 0. The average molecular weight is 857 g/mol. The van der Waals surface area contributed by atoms with E-state index in [1.54, 1.807) is 0 Å². The van der Waals surface area contributed by atoms with Crippen molar-refractivity contribution in [2.75, 3.05) is 4.90 Å². The molecule has 1 aliphatic carbocycles. The van der Waals surface area contributed by atoms with Crippen LogP contribution in [0.15, 0.2) is 253 Å². The lowest BCUT2D eigenvalue weighted by atomic mass is 9.93. The first kappa shape index (κ1) is 38.8. The van der Waals surface area contributed by atoms with Gasteiger partial charge in [0.15, 0.2) is 0 Å². The zero-order chi connectivity index (χ0) is 44.3. The van der Waals surface area contributed by atoms with Crippen LogP contribution in [0.25, 0.3) is 99.2 Å². The molecule has 1 aliphatic rings. The molecule has 10 aromatic carbocycles. The number of fused-ring (bicyclic) bond motifs is 7. The minimum absolute atomic E-state index is 0.908. The minimum Gasteiger partial charge on any atom is -0.455 e. The van der Waals surface area contributed by atoms with Gasteiger partial charge >= 0.3 is 0 Å². The van der Waals surface area contributed by atoms with E-state index < -0.39 is 0 Å². The Hall–Kier alpha value is -8.66. The average Bonchev–Trinajstić information content (AvgIpc) is 3.95. The molecule has 2 heterocycles. The molecule has 2 aromatic heterocycles. The zero-order valence-corrected chi connectivity index (χ0v) is 36.8. The number of hydrogen-bond donors (Lipinski definition) is 0. The van der Waals surface area contributed by atoms with E-state index in [1.165, 1.54) is 71.7 Å². The predicted molar refractivity (Wildman–Crippen MR) is 282 cm³/mol. The molecule has 3 heteroatoms. The highest BCUT2D eigenvalue weighted by atomic mass is 16.3. The topological polar surface area (TPSA) is 21.3 Å². The smallest absolute Gasteiger partial charge is 0.143 e. The molecular formula is C64H44N2O. The van der Waals surface area contributed by atoms with Gasteiger partial charge in [0.05, 0.1) is 16.7 Å². The van der Waals surface area contributed by atoms with Gasteiger partial charge in [-0.25, -0.2) is 0 Å². The first-order chi connectivity index (χ1) is 33.2. The van der Waals surface area contributed by atoms with Crippen molar-refractivity contribution in [2.24, 2.45) is 0 Å². The number of aromatic nitrogens is 1. The Balaban J connectivity index is 0.871. The van der Waals surface area contributed by atoms with Crippen LogP contribution in [0.1, 0.15) is 18.4 Å². The number of nitrogens with zero attached hydrogens (tertiary/aromatic N) is 2. The second-order valence-corrected chi connectivity index (χ2v) is 17.5. The normalized spacial score (nSPS) is 12.8. The molecule has 0 N–H and O–H groups in total. The van der Waals surface area contributed by atoms with Gasteiger partial charge in [0.2, 0.25) is 0 Å². The number of hydrogen-bond acceptors (Lipinski definition) is 2. The summed E-state index contributed by atoms with van der Waals surface area (Å²) in [6.45, 7) is 0. The maximum absolute atomic E-state index is 6.47. The van der Waals surface area contributed by atoms with Gasteiger partial charge < -0.3 is 13.9 Å². The van der Waals surface area contributed by atoms with Crippen LogP contribution < -0.4 is 4.90 Å². The Bertz CT molecular complexity index is 3840. The van der Waals surface area contributed by atoms with Crippen molar-refractivity contribution in [1.82, 2.24) is 4.57 Å². The van der Waals surface area contributed by atoms with E-state index in [0.717, 1.165) is 63.0 Å². The fraction of sp³-hybridized carbons (Fsp3) is 0.0312. The van der Waals surface area contributed by atoms with Crippen LogP contribution in [-0.2, 0) is 0 Å². The zero-order valence-electron chi connectivity index (χ0n) is 36.8. The van der Waals surface area contributed by atoms with Crippen LogP contribution >= 0.6 is 0 Å². The lowest BCUT2D eigenvalue weighted by Gasteiger charge is -2.29. The third-order valence-corrected chi connectivity index (χ3v) is 13.7. The Kier molecular flexibility index (Phi) is 9.31. The maximum Gasteiger partial charge on any atom is 0.143 e. The van der Waals surface area contributed by atoms with Crippen molar-refractivity contribution in [1.29, 1.82) is 0 Å².